The topological polar surface area (TPSA) is 29.3 Å². The van der Waals surface area contributed by atoms with Crippen molar-refractivity contribution in [1.29, 1.82) is 0 Å². The Morgan fingerprint density at radius 2 is 2.17 bits per heavy atom. The molecule has 0 aliphatic carbocycles. The summed E-state index contributed by atoms with van der Waals surface area (Å²) in [5.41, 5.74) is 8.38. The second-order valence-corrected chi connectivity index (χ2v) is 8.19. The average molecular weight is 329 g/mol. The SMILES string of the molecule is C[C@@H](N)c1ccc(N2CCSC(C)(C)C2)c(Br)c1. The molecule has 1 aromatic carbocycles. The highest BCUT2D eigenvalue weighted by atomic mass is 79.9. The van der Waals surface area contributed by atoms with E-state index >= 15 is 0 Å². The predicted molar refractivity (Wildman–Crippen MR) is 85.5 cm³/mol. The van der Waals surface area contributed by atoms with Crippen molar-refractivity contribution in [3.05, 3.63) is 28.2 Å². The molecule has 2 nitrogen and oxygen atoms in total. The van der Waals surface area contributed by atoms with E-state index in [1.165, 1.54) is 17.0 Å². The van der Waals surface area contributed by atoms with Crippen LogP contribution in [0.3, 0.4) is 0 Å². The molecule has 0 unspecified atom stereocenters. The zero-order chi connectivity index (χ0) is 13.3. The molecule has 1 aliphatic rings. The fraction of sp³-hybridized carbons (Fsp3) is 0.571. The minimum absolute atomic E-state index is 0.0868. The maximum atomic E-state index is 5.92. The lowest BCUT2D eigenvalue weighted by Gasteiger charge is -2.39. The first-order valence-electron chi connectivity index (χ1n) is 6.33. The lowest BCUT2D eigenvalue weighted by Crippen LogP contribution is -2.43. The number of hydrogen-bond acceptors (Lipinski definition) is 3. The van der Waals surface area contributed by atoms with Gasteiger partial charge in [0.25, 0.3) is 0 Å². The van der Waals surface area contributed by atoms with Crippen molar-refractivity contribution in [2.24, 2.45) is 5.73 Å². The van der Waals surface area contributed by atoms with Crippen LogP contribution in [0.15, 0.2) is 22.7 Å². The Hall–Kier alpha value is -0.190. The molecule has 0 aromatic heterocycles. The van der Waals surface area contributed by atoms with Gasteiger partial charge in [-0.3, -0.25) is 0 Å². The maximum Gasteiger partial charge on any atom is 0.0511 e. The predicted octanol–water partition coefficient (Wildman–Crippen LogP) is 3.80. The van der Waals surface area contributed by atoms with Gasteiger partial charge < -0.3 is 10.6 Å². The molecule has 0 bridgehead atoms. The standard InChI is InChI=1S/C14H21BrN2S/c1-10(16)11-4-5-13(12(15)8-11)17-6-7-18-14(2,3)9-17/h4-5,8,10H,6-7,9,16H2,1-3H3/t10-/m1/s1. The smallest absolute Gasteiger partial charge is 0.0511 e. The molecule has 4 heteroatoms. The van der Waals surface area contributed by atoms with Gasteiger partial charge in [0, 0.05) is 34.1 Å². The normalized spacial score (nSPS) is 20.8. The Kier molecular flexibility index (Phi) is 4.29. The van der Waals surface area contributed by atoms with Gasteiger partial charge in [-0.2, -0.15) is 11.8 Å². The van der Waals surface area contributed by atoms with Crippen LogP contribution in [0, 0.1) is 0 Å². The number of hydrogen-bond donors (Lipinski definition) is 1. The fourth-order valence-corrected chi connectivity index (χ4v) is 4.04. The van der Waals surface area contributed by atoms with Crippen LogP contribution in [-0.2, 0) is 0 Å². The summed E-state index contributed by atoms with van der Waals surface area (Å²) in [7, 11) is 0. The van der Waals surface area contributed by atoms with Gasteiger partial charge in [-0.15, -0.1) is 0 Å². The summed E-state index contributed by atoms with van der Waals surface area (Å²) in [6.45, 7) is 8.85. The van der Waals surface area contributed by atoms with Crippen molar-refractivity contribution in [3.8, 4) is 0 Å². The number of benzene rings is 1. The fourth-order valence-electron chi connectivity index (χ4n) is 2.28. The number of rotatable bonds is 2. The summed E-state index contributed by atoms with van der Waals surface area (Å²) in [6, 6.07) is 6.56. The molecule has 0 radical (unpaired) electrons. The van der Waals surface area contributed by atoms with Gasteiger partial charge >= 0.3 is 0 Å². The van der Waals surface area contributed by atoms with Crippen molar-refractivity contribution in [3.63, 3.8) is 0 Å². The monoisotopic (exact) mass is 328 g/mol. The summed E-state index contributed by atoms with van der Waals surface area (Å²) >= 11 is 5.74. The molecule has 2 rings (SSSR count). The minimum atomic E-state index is 0.0868. The van der Waals surface area contributed by atoms with Crippen molar-refractivity contribution in [2.45, 2.75) is 31.6 Å². The van der Waals surface area contributed by atoms with Crippen molar-refractivity contribution < 1.29 is 0 Å². The Bertz CT molecular complexity index is 432. The largest absolute Gasteiger partial charge is 0.368 e. The molecular formula is C14H21BrN2S. The van der Waals surface area contributed by atoms with Crippen LogP contribution in [0.25, 0.3) is 0 Å². The first-order chi connectivity index (χ1) is 8.39. The highest BCUT2D eigenvalue weighted by Crippen LogP contribution is 2.36. The van der Waals surface area contributed by atoms with Gasteiger partial charge in [-0.1, -0.05) is 6.07 Å². The molecular weight excluding hydrogens is 308 g/mol. The third-order valence-electron chi connectivity index (χ3n) is 3.26. The Morgan fingerprint density at radius 1 is 1.44 bits per heavy atom. The molecule has 18 heavy (non-hydrogen) atoms. The van der Waals surface area contributed by atoms with Crippen molar-refractivity contribution >= 4 is 33.4 Å². The van der Waals surface area contributed by atoms with E-state index in [1.807, 2.05) is 6.92 Å². The number of nitrogens with zero attached hydrogens (tertiary/aromatic N) is 1. The molecule has 1 fully saturated rings. The van der Waals surface area contributed by atoms with Gasteiger partial charge in [-0.05, 0) is 54.4 Å². The van der Waals surface area contributed by atoms with E-state index in [9.17, 15) is 0 Å². The van der Waals surface area contributed by atoms with Crippen LogP contribution in [0.5, 0.6) is 0 Å². The van der Waals surface area contributed by atoms with E-state index in [-0.39, 0.29) is 6.04 Å². The molecule has 1 atom stereocenters. The second kappa shape index (κ2) is 5.43. The number of thioether (sulfide) groups is 1. The van der Waals surface area contributed by atoms with Crippen LogP contribution in [0.1, 0.15) is 32.4 Å². The molecule has 1 aromatic rings. The van der Waals surface area contributed by atoms with Gasteiger partial charge in [0.2, 0.25) is 0 Å². The van der Waals surface area contributed by atoms with Crippen LogP contribution in [0.4, 0.5) is 5.69 Å². The molecule has 100 valence electrons. The Morgan fingerprint density at radius 3 is 2.72 bits per heavy atom. The summed E-state index contributed by atoms with van der Waals surface area (Å²) < 4.78 is 1.48. The molecule has 1 heterocycles. The molecule has 0 amide bonds. The first-order valence-corrected chi connectivity index (χ1v) is 8.11. The van der Waals surface area contributed by atoms with E-state index < -0.39 is 0 Å². The van der Waals surface area contributed by atoms with Crippen LogP contribution < -0.4 is 10.6 Å². The summed E-state index contributed by atoms with van der Waals surface area (Å²) in [6.07, 6.45) is 0. The van der Waals surface area contributed by atoms with Gasteiger partial charge in [0.15, 0.2) is 0 Å². The lowest BCUT2D eigenvalue weighted by atomic mass is 10.1. The minimum Gasteiger partial charge on any atom is -0.368 e. The zero-order valence-corrected chi connectivity index (χ0v) is 13.6. The first kappa shape index (κ1) is 14.2. The Balaban J connectivity index is 2.23. The van der Waals surface area contributed by atoms with E-state index in [2.05, 4.69) is 64.6 Å². The lowest BCUT2D eigenvalue weighted by molar-refractivity contribution is 0.647. The third kappa shape index (κ3) is 3.22. The summed E-state index contributed by atoms with van der Waals surface area (Å²) in [5.74, 6) is 1.19. The van der Waals surface area contributed by atoms with Gasteiger partial charge in [0.1, 0.15) is 0 Å². The molecule has 0 spiro atoms. The van der Waals surface area contributed by atoms with E-state index in [1.54, 1.807) is 0 Å². The summed E-state index contributed by atoms with van der Waals surface area (Å²) in [5, 5.41) is 0. The van der Waals surface area contributed by atoms with E-state index in [0.29, 0.717) is 4.75 Å². The molecule has 2 N–H and O–H groups in total. The van der Waals surface area contributed by atoms with Gasteiger partial charge in [0.05, 0.1) is 5.69 Å². The van der Waals surface area contributed by atoms with E-state index in [0.717, 1.165) is 17.6 Å². The number of nitrogens with two attached hydrogens (primary N) is 1. The number of anilines is 1. The third-order valence-corrected chi connectivity index (χ3v) is 5.20. The highest BCUT2D eigenvalue weighted by molar-refractivity contribution is 9.10. The van der Waals surface area contributed by atoms with E-state index in [4.69, 9.17) is 5.73 Å². The van der Waals surface area contributed by atoms with Crippen molar-refractivity contribution in [2.75, 3.05) is 23.7 Å². The van der Waals surface area contributed by atoms with Crippen molar-refractivity contribution in [1.82, 2.24) is 0 Å². The van der Waals surface area contributed by atoms with Gasteiger partial charge in [-0.25, -0.2) is 0 Å². The Labute approximate surface area is 122 Å². The molecule has 0 saturated carbocycles. The highest BCUT2D eigenvalue weighted by Gasteiger charge is 2.27. The average Bonchev–Trinajstić information content (AvgIpc) is 2.27. The summed E-state index contributed by atoms with van der Waals surface area (Å²) in [4.78, 5) is 2.46. The maximum absolute atomic E-state index is 5.92. The van der Waals surface area contributed by atoms with Crippen LogP contribution in [-0.4, -0.2) is 23.6 Å². The number of halogens is 1. The second-order valence-electron chi connectivity index (χ2n) is 5.53. The molecule has 1 aliphatic heterocycles. The van der Waals surface area contributed by atoms with Crippen LogP contribution >= 0.6 is 27.7 Å². The quantitative estimate of drug-likeness (QED) is 0.895. The molecule has 1 saturated heterocycles. The zero-order valence-electron chi connectivity index (χ0n) is 11.2. The van der Waals surface area contributed by atoms with Crippen LogP contribution in [0.2, 0.25) is 0 Å².